The molecule has 0 aliphatic carbocycles. The summed E-state index contributed by atoms with van der Waals surface area (Å²) in [4.78, 5) is 12.1. The number of benzene rings is 1. The van der Waals surface area contributed by atoms with Crippen LogP contribution in [0.25, 0.3) is 0 Å². The van der Waals surface area contributed by atoms with Crippen LogP contribution in [0.15, 0.2) is 24.3 Å². The first-order chi connectivity index (χ1) is 8.98. The fraction of sp³-hybridized carbons (Fsp3) is 0.588. The summed E-state index contributed by atoms with van der Waals surface area (Å²) in [6, 6.07) is 8.07. The zero-order valence-corrected chi connectivity index (χ0v) is 12.5. The van der Waals surface area contributed by atoms with Crippen molar-refractivity contribution in [2.45, 2.75) is 52.9 Å². The van der Waals surface area contributed by atoms with E-state index in [9.17, 15) is 4.79 Å². The summed E-state index contributed by atoms with van der Waals surface area (Å²) in [7, 11) is 0. The van der Waals surface area contributed by atoms with Crippen LogP contribution >= 0.6 is 0 Å². The molecule has 0 fully saturated rings. The van der Waals surface area contributed by atoms with Crippen LogP contribution < -0.4 is 5.73 Å². The number of hydrogen-bond acceptors (Lipinski definition) is 2. The summed E-state index contributed by atoms with van der Waals surface area (Å²) in [5.74, 6) is 0.244. The third-order valence-corrected chi connectivity index (χ3v) is 3.66. The van der Waals surface area contributed by atoms with Crippen molar-refractivity contribution >= 4 is 5.78 Å². The first kappa shape index (κ1) is 15.9. The van der Waals surface area contributed by atoms with Crippen LogP contribution in [0.4, 0.5) is 0 Å². The first-order valence-electron chi connectivity index (χ1n) is 7.31. The average molecular weight is 261 g/mol. The lowest BCUT2D eigenvalue weighted by Gasteiger charge is -2.23. The molecule has 2 N–H and O–H groups in total. The Morgan fingerprint density at radius 3 is 2.32 bits per heavy atom. The van der Waals surface area contributed by atoms with Crippen LogP contribution in [-0.4, -0.2) is 12.3 Å². The number of aryl methyl sites for hydroxylation is 1. The minimum atomic E-state index is 0.159. The van der Waals surface area contributed by atoms with Gasteiger partial charge in [0.1, 0.15) is 0 Å². The molecule has 0 bridgehead atoms. The highest BCUT2D eigenvalue weighted by Gasteiger charge is 2.18. The van der Waals surface area contributed by atoms with E-state index in [1.54, 1.807) is 0 Å². The van der Waals surface area contributed by atoms with Gasteiger partial charge >= 0.3 is 0 Å². The van der Waals surface area contributed by atoms with Gasteiger partial charge in [0.05, 0.1) is 0 Å². The molecule has 0 aliphatic rings. The predicted molar refractivity (Wildman–Crippen MR) is 81.5 cm³/mol. The second-order valence-corrected chi connectivity index (χ2v) is 6.07. The Labute approximate surface area is 117 Å². The Kier molecular flexibility index (Phi) is 6.23. The molecule has 0 unspecified atom stereocenters. The Hall–Kier alpha value is -1.15. The SMILES string of the molecule is CCCc1ccc(C(=O)CCC(C)(C)CCN)cc1. The fourth-order valence-electron chi connectivity index (χ4n) is 2.26. The van der Waals surface area contributed by atoms with Crippen LogP contribution in [0.1, 0.15) is 62.4 Å². The third kappa shape index (κ3) is 5.56. The van der Waals surface area contributed by atoms with E-state index in [1.165, 1.54) is 5.56 Å². The smallest absolute Gasteiger partial charge is 0.162 e. The highest BCUT2D eigenvalue weighted by molar-refractivity contribution is 5.96. The summed E-state index contributed by atoms with van der Waals surface area (Å²) in [5.41, 5.74) is 7.90. The number of hydrogen-bond donors (Lipinski definition) is 1. The zero-order chi connectivity index (χ0) is 14.3. The second-order valence-electron chi connectivity index (χ2n) is 6.07. The lowest BCUT2D eigenvalue weighted by Crippen LogP contribution is -2.18. The number of carbonyl (C=O) groups excluding carboxylic acids is 1. The molecule has 1 aromatic carbocycles. The molecule has 1 aromatic rings. The van der Waals surface area contributed by atoms with Crippen molar-refractivity contribution in [1.29, 1.82) is 0 Å². The van der Waals surface area contributed by atoms with Gasteiger partial charge in [-0.05, 0) is 36.8 Å². The van der Waals surface area contributed by atoms with E-state index in [4.69, 9.17) is 5.73 Å². The molecule has 0 saturated carbocycles. The van der Waals surface area contributed by atoms with Gasteiger partial charge in [-0.1, -0.05) is 51.5 Å². The van der Waals surface area contributed by atoms with E-state index < -0.39 is 0 Å². The molecule has 1 rings (SSSR count). The molecule has 0 aromatic heterocycles. The van der Waals surface area contributed by atoms with E-state index in [-0.39, 0.29) is 11.2 Å². The largest absolute Gasteiger partial charge is 0.330 e. The summed E-state index contributed by atoms with van der Waals surface area (Å²) in [5, 5.41) is 0. The summed E-state index contributed by atoms with van der Waals surface area (Å²) in [6.45, 7) is 7.21. The molecule has 0 radical (unpaired) electrons. The van der Waals surface area contributed by atoms with Gasteiger partial charge < -0.3 is 5.73 Å². The zero-order valence-electron chi connectivity index (χ0n) is 12.5. The quantitative estimate of drug-likeness (QED) is 0.719. The number of Topliss-reactive ketones (excluding diaryl/α,β-unsaturated/α-hetero) is 1. The highest BCUT2D eigenvalue weighted by Crippen LogP contribution is 2.26. The van der Waals surface area contributed by atoms with E-state index in [0.717, 1.165) is 31.2 Å². The maximum absolute atomic E-state index is 12.1. The number of nitrogens with two attached hydrogens (primary N) is 1. The number of ketones is 1. The Bertz CT molecular complexity index is 392. The van der Waals surface area contributed by atoms with Crippen LogP contribution in [0.2, 0.25) is 0 Å². The van der Waals surface area contributed by atoms with E-state index in [2.05, 4.69) is 32.9 Å². The Balaban J connectivity index is 2.53. The van der Waals surface area contributed by atoms with Crippen LogP contribution in [0.5, 0.6) is 0 Å². The minimum Gasteiger partial charge on any atom is -0.330 e. The molecule has 106 valence electrons. The number of rotatable bonds is 8. The van der Waals surface area contributed by atoms with Crippen molar-refractivity contribution in [1.82, 2.24) is 0 Å². The van der Waals surface area contributed by atoms with Crippen molar-refractivity contribution in [2.75, 3.05) is 6.54 Å². The molecule has 0 heterocycles. The Morgan fingerprint density at radius 1 is 1.16 bits per heavy atom. The molecule has 2 nitrogen and oxygen atoms in total. The van der Waals surface area contributed by atoms with E-state index >= 15 is 0 Å². The second kappa shape index (κ2) is 7.44. The van der Waals surface area contributed by atoms with E-state index in [0.29, 0.717) is 13.0 Å². The predicted octanol–water partition coefficient (Wildman–Crippen LogP) is 3.98. The van der Waals surface area contributed by atoms with Crippen LogP contribution in [0, 0.1) is 5.41 Å². The molecule has 0 spiro atoms. The standard InChI is InChI=1S/C17H27NO/c1-4-5-14-6-8-15(9-7-14)16(19)10-11-17(2,3)12-13-18/h6-9H,4-5,10-13,18H2,1-3H3. The van der Waals surface area contributed by atoms with Crippen molar-refractivity contribution in [3.05, 3.63) is 35.4 Å². The minimum absolute atomic E-state index is 0.159. The van der Waals surface area contributed by atoms with Crippen molar-refractivity contribution < 1.29 is 4.79 Å². The monoisotopic (exact) mass is 261 g/mol. The van der Waals surface area contributed by atoms with Crippen LogP contribution in [-0.2, 0) is 6.42 Å². The molecule has 0 saturated heterocycles. The van der Waals surface area contributed by atoms with Gasteiger partial charge in [-0.3, -0.25) is 4.79 Å². The van der Waals surface area contributed by atoms with Gasteiger partial charge in [-0.15, -0.1) is 0 Å². The molecular weight excluding hydrogens is 234 g/mol. The Morgan fingerprint density at radius 2 is 1.79 bits per heavy atom. The van der Waals surface area contributed by atoms with Gasteiger partial charge in [0, 0.05) is 12.0 Å². The molecule has 19 heavy (non-hydrogen) atoms. The molecular formula is C17H27NO. The number of carbonyl (C=O) groups is 1. The van der Waals surface area contributed by atoms with Gasteiger partial charge in [-0.25, -0.2) is 0 Å². The third-order valence-electron chi connectivity index (χ3n) is 3.66. The topological polar surface area (TPSA) is 43.1 Å². The highest BCUT2D eigenvalue weighted by atomic mass is 16.1. The maximum Gasteiger partial charge on any atom is 0.162 e. The maximum atomic E-state index is 12.1. The molecule has 0 aliphatic heterocycles. The summed E-state index contributed by atoms with van der Waals surface area (Å²) >= 11 is 0. The van der Waals surface area contributed by atoms with Gasteiger partial charge in [-0.2, -0.15) is 0 Å². The molecule has 0 atom stereocenters. The summed E-state index contributed by atoms with van der Waals surface area (Å²) < 4.78 is 0. The van der Waals surface area contributed by atoms with Gasteiger partial charge in [0.2, 0.25) is 0 Å². The van der Waals surface area contributed by atoms with Crippen molar-refractivity contribution in [3.63, 3.8) is 0 Å². The normalized spacial score (nSPS) is 11.6. The molecule has 0 amide bonds. The van der Waals surface area contributed by atoms with Crippen LogP contribution in [0.3, 0.4) is 0 Å². The average Bonchev–Trinajstić information content (AvgIpc) is 2.37. The lowest BCUT2D eigenvalue weighted by molar-refractivity contribution is 0.0961. The summed E-state index contributed by atoms with van der Waals surface area (Å²) in [6.07, 6.45) is 4.70. The first-order valence-corrected chi connectivity index (χ1v) is 7.31. The lowest BCUT2D eigenvalue weighted by atomic mass is 9.83. The fourth-order valence-corrected chi connectivity index (χ4v) is 2.26. The van der Waals surface area contributed by atoms with Gasteiger partial charge in [0.15, 0.2) is 5.78 Å². The van der Waals surface area contributed by atoms with E-state index in [1.807, 2.05) is 12.1 Å². The van der Waals surface area contributed by atoms with Crippen molar-refractivity contribution in [3.8, 4) is 0 Å². The van der Waals surface area contributed by atoms with Gasteiger partial charge in [0.25, 0.3) is 0 Å². The van der Waals surface area contributed by atoms with Crippen molar-refractivity contribution in [2.24, 2.45) is 11.1 Å². The molecule has 2 heteroatoms.